The molecule has 1 atom stereocenters. The van der Waals surface area contributed by atoms with Crippen LogP contribution in [0.25, 0.3) is 0 Å². The summed E-state index contributed by atoms with van der Waals surface area (Å²) in [5, 5.41) is 0. The van der Waals surface area contributed by atoms with E-state index < -0.39 is 0 Å². The third-order valence-corrected chi connectivity index (χ3v) is 4.94. The van der Waals surface area contributed by atoms with Crippen LogP contribution in [0.1, 0.15) is 58.8 Å². The number of hydrogen-bond donors (Lipinski definition) is 1. The highest BCUT2D eigenvalue weighted by molar-refractivity contribution is 4.85. The van der Waals surface area contributed by atoms with Gasteiger partial charge in [0, 0.05) is 19.3 Å². The highest BCUT2D eigenvalue weighted by atomic mass is 16.5. The van der Waals surface area contributed by atoms with E-state index in [1.54, 1.807) is 0 Å². The Morgan fingerprint density at radius 3 is 2.29 bits per heavy atom. The quantitative estimate of drug-likeness (QED) is 0.819. The fourth-order valence-electron chi connectivity index (χ4n) is 3.41. The molecule has 0 aromatic heterocycles. The molecule has 1 heterocycles. The van der Waals surface area contributed by atoms with Crippen LogP contribution in [-0.2, 0) is 4.74 Å². The summed E-state index contributed by atoms with van der Waals surface area (Å²) in [6.07, 6.45) is 9.10. The molecular formula is C15H29NO. The largest absolute Gasteiger partial charge is 0.381 e. The molecule has 100 valence electrons. The van der Waals surface area contributed by atoms with Crippen LogP contribution in [0, 0.1) is 17.3 Å². The molecule has 0 aromatic carbocycles. The minimum atomic E-state index is 0.439. The Kier molecular flexibility index (Phi) is 4.48. The van der Waals surface area contributed by atoms with Crippen LogP contribution in [0.15, 0.2) is 0 Å². The maximum Gasteiger partial charge on any atom is 0.0468 e. The summed E-state index contributed by atoms with van der Waals surface area (Å²) in [6, 6.07) is 0.439. The summed E-state index contributed by atoms with van der Waals surface area (Å²) >= 11 is 0. The number of hydrogen-bond acceptors (Lipinski definition) is 2. The molecule has 0 spiro atoms. The van der Waals surface area contributed by atoms with Crippen molar-refractivity contribution in [1.29, 1.82) is 0 Å². The molecule has 2 heteroatoms. The first kappa shape index (κ1) is 13.4. The average Bonchev–Trinajstić information content (AvgIpc) is 2.30. The summed E-state index contributed by atoms with van der Waals surface area (Å²) in [7, 11) is 0. The molecule has 2 nitrogen and oxygen atoms in total. The van der Waals surface area contributed by atoms with Gasteiger partial charge in [0.2, 0.25) is 0 Å². The van der Waals surface area contributed by atoms with Gasteiger partial charge in [0.15, 0.2) is 0 Å². The molecule has 2 N–H and O–H groups in total. The Hall–Kier alpha value is -0.0800. The molecule has 1 saturated carbocycles. The van der Waals surface area contributed by atoms with Crippen LogP contribution in [0.3, 0.4) is 0 Å². The summed E-state index contributed by atoms with van der Waals surface area (Å²) in [6.45, 7) is 6.70. The Bertz CT molecular complexity index is 223. The first-order valence-corrected chi connectivity index (χ1v) is 7.40. The summed E-state index contributed by atoms with van der Waals surface area (Å²) in [5.41, 5.74) is 6.99. The maximum atomic E-state index is 6.43. The van der Waals surface area contributed by atoms with Crippen molar-refractivity contribution in [3.05, 3.63) is 0 Å². The molecule has 1 unspecified atom stereocenters. The number of rotatable bonds is 3. The van der Waals surface area contributed by atoms with Crippen molar-refractivity contribution in [1.82, 2.24) is 0 Å². The monoisotopic (exact) mass is 239 g/mol. The smallest absolute Gasteiger partial charge is 0.0468 e. The second kappa shape index (κ2) is 5.71. The molecule has 2 aliphatic rings. The van der Waals surface area contributed by atoms with E-state index in [9.17, 15) is 0 Å². The third kappa shape index (κ3) is 3.96. The molecule has 1 aliphatic carbocycles. The minimum absolute atomic E-state index is 0.439. The topological polar surface area (TPSA) is 35.2 Å². The van der Waals surface area contributed by atoms with Crippen LogP contribution in [0.5, 0.6) is 0 Å². The zero-order valence-corrected chi connectivity index (χ0v) is 11.6. The van der Waals surface area contributed by atoms with Gasteiger partial charge < -0.3 is 10.5 Å². The van der Waals surface area contributed by atoms with Crippen molar-refractivity contribution >= 4 is 0 Å². The molecule has 2 fully saturated rings. The average molecular weight is 239 g/mol. The fourth-order valence-corrected chi connectivity index (χ4v) is 3.41. The molecule has 0 bridgehead atoms. The van der Waals surface area contributed by atoms with E-state index >= 15 is 0 Å². The molecule has 0 aromatic rings. The van der Waals surface area contributed by atoms with Crippen LogP contribution in [-0.4, -0.2) is 19.3 Å². The predicted molar refractivity (Wildman–Crippen MR) is 71.9 cm³/mol. The van der Waals surface area contributed by atoms with Gasteiger partial charge in [0.1, 0.15) is 0 Å². The van der Waals surface area contributed by atoms with Gasteiger partial charge in [0.25, 0.3) is 0 Å². The van der Waals surface area contributed by atoms with E-state index in [2.05, 4.69) is 13.8 Å². The van der Waals surface area contributed by atoms with Crippen molar-refractivity contribution in [2.24, 2.45) is 23.0 Å². The van der Waals surface area contributed by atoms with Gasteiger partial charge in [-0.2, -0.15) is 0 Å². The molecule has 17 heavy (non-hydrogen) atoms. The zero-order chi connectivity index (χ0) is 12.3. The van der Waals surface area contributed by atoms with Gasteiger partial charge in [-0.1, -0.05) is 13.8 Å². The molecular weight excluding hydrogens is 210 g/mol. The van der Waals surface area contributed by atoms with E-state index in [0.29, 0.717) is 11.5 Å². The van der Waals surface area contributed by atoms with Crippen molar-refractivity contribution < 1.29 is 4.74 Å². The Morgan fingerprint density at radius 2 is 1.71 bits per heavy atom. The van der Waals surface area contributed by atoms with Gasteiger partial charge >= 0.3 is 0 Å². The van der Waals surface area contributed by atoms with Crippen molar-refractivity contribution in [3.8, 4) is 0 Å². The second-order valence-corrected chi connectivity index (χ2v) is 6.96. The van der Waals surface area contributed by atoms with E-state index in [1.165, 1.54) is 44.9 Å². The fraction of sp³-hybridized carbons (Fsp3) is 1.00. The molecule has 0 radical (unpaired) electrons. The third-order valence-electron chi connectivity index (χ3n) is 4.94. The van der Waals surface area contributed by atoms with Crippen LogP contribution < -0.4 is 5.73 Å². The van der Waals surface area contributed by atoms with Crippen molar-refractivity contribution in [2.45, 2.75) is 64.8 Å². The summed E-state index contributed by atoms with van der Waals surface area (Å²) in [4.78, 5) is 0. The minimum Gasteiger partial charge on any atom is -0.381 e. The lowest BCUT2D eigenvalue weighted by molar-refractivity contribution is 0.0570. The van der Waals surface area contributed by atoms with Gasteiger partial charge in [-0.05, 0) is 62.2 Å². The van der Waals surface area contributed by atoms with Gasteiger partial charge in [-0.15, -0.1) is 0 Å². The Labute approximate surface area is 106 Å². The van der Waals surface area contributed by atoms with Crippen LogP contribution in [0.2, 0.25) is 0 Å². The van der Waals surface area contributed by atoms with Crippen LogP contribution >= 0.6 is 0 Å². The van der Waals surface area contributed by atoms with Crippen LogP contribution in [0.4, 0.5) is 0 Å². The summed E-state index contributed by atoms with van der Waals surface area (Å²) in [5.74, 6) is 1.61. The van der Waals surface area contributed by atoms with Crippen molar-refractivity contribution in [3.63, 3.8) is 0 Å². The molecule has 1 aliphatic heterocycles. The maximum absolute atomic E-state index is 6.43. The lowest BCUT2D eigenvalue weighted by Crippen LogP contribution is -2.37. The van der Waals surface area contributed by atoms with E-state index in [-0.39, 0.29) is 0 Å². The standard InChI is InChI=1S/C15H29NO/c1-15(2)7-3-13(4-8-15)14(16)11-12-5-9-17-10-6-12/h12-14H,3-11,16H2,1-2H3. The van der Waals surface area contributed by atoms with E-state index in [1.807, 2.05) is 0 Å². The lowest BCUT2D eigenvalue weighted by atomic mass is 9.70. The normalized spacial score (nSPS) is 29.1. The summed E-state index contributed by atoms with van der Waals surface area (Å²) < 4.78 is 5.41. The van der Waals surface area contributed by atoms with Gasteiger partial charge in [-0.3, -0.25) is 0 Å². The SMILES string of the molecule is CC1(C)CCC(C(N)CC2CCOCC2)CC1. The first-order valence-electron chi connectivity index (χ1n) is 7.40. The number of nitrogens with two attached hydrogens (primary N) is 1. The van der Waals surface area contributed by atoms with Gasteiger partial charge in [0.05, 0.1) is 0 Å². The Balaban J connectivity index is 1.74. The van der Waals surface area contributed by atoms with Crippen molar-refractivity contribution in [2.75, 3.05) is 13.2 Å². The second-order valence-electron chi connectivity index (χ2n) is 6.96. The van der Waals surface area contributed by atoms with Gasteiger partial charge in [-0.25, -0.2) is 0 Å². The lowest BCUT2D eigenvalue weighted by Gasteiger charge is -2.38. The Morgan fingerprint density at radius 1 is 1.12 bits per heavy atom. The zero-order valence-electron chi connectivity index (χ0n) is 11.6. The molecule has 2 rings (SSSR count). The molecule has 1 saturated heterocycles. The predicted octanol–water partition coefficient (Wildman–Crippen LogP) is 3.35. The molecule has 0 amide bonds. The highest BCUT2D eigenvalue weighted by Gasteiger charge is 2.31. The highest BCUT2D eigenvalue weighted by Crippen LogP contribution is 2.40. The first-order chi connectivity index (χ1) is 8.07. The van der Waals surface area contributed by atoms with E-state index in [4.69, 9.17) is 10.5 Å². The number of ether oxygens (including phenoxy) is 1. The van der Waals surface area contributed by atoms with E-state index in [0.717, 1.165) is 25.0 Å².